The lowest BCUT2D eigenvalue weighted by Crippen LogP contribution is -2.48. The molecule has 0 radical (unpaired) electrons. The van der Waals surface area contributed by atoms with Crippen molar-refractivity contribution in [2.24, 2.45) is 5.41 Å². The van der Waals surface area contributed by atoms with E-state index < -0.39 is 0 Å². The van der Waals surface area contributed by atoms with Gasteiger partial charge in [0.15, 0.2) is 0 Å². The lowest BCUT2D eigenvalue weighted by Gasteiger charge is -2.42. The molecule has 0 saturated carbocycles. The summed E-state index contributed by atoms with van der Waals surface area (Å²) in [5.41, 5.74) is 1.84. The number of hydrogen-bond acceptors (Lipinski definition) is 4. The first-order valence-corrected chi connectivity index (χ1v) is 13.1. The molecule has 3 aromatic rings. The molecule has 1 aliphatic rings. The summed E-state index contributed by atoms with van der Waals surface area (Å²) in [6, 6.07) is 15.9. The number of amides is 1. The van der Waals surface area contributed by atoms with Crippen molar-refractivity contribution in [1.82, 2.24) is 19.4 Å². The Hall–Kier alpha value is -2.83. The van der Waals surface area contributed by atoms with Crippen molar-refractivity contribution in [3.63, 3.8) is 0 Å². The van der Waals surface area contributed by atoms with Crippen LogP contribution in [0.4, 0.5) is 0 Å². The predicted molar refractivity (Wildman–Crippen MR) is 144 cm³/mol. The summed E-state index contributed by atoms with van der Waals surface area (Å²) < 4.78 is 8.52. The van der Waals surface area contributed by atoms with Gasteiger partial charge in [-0.25, -0.2) is 4.98 Å². The Morgan fingerprint density at radius 1 is 1.22 bits per heavy atom. The maximum Gasteiger partial charge on any atom is 0.223 e. The van der Waals surface area contributed by atoms with Crippen LogP contribution < -0.4 is 4.74 Å². The minimum Gasteiger partial charge on any atom is -0.493 e. The molecule has 0 N–H and O–H groups in total. The molecular weight excluding hydrogens is 472 g/mol. The molecule has 1 atom stereocenters. The maximum absolute atomic E-state index is 13.5. The van der Waals surface area contributed by atoms with Crippen LogP contribution in [0.5, 0.6) is 5.75 Å². The summed E-state index contributed by atoms with van der Waals surface area (Å²) in [6.45, 7) is 8.66. The normalized spacial score (nSPS) is 18.2. The van der Waals surface area contributed by atoms with E-state index in [0.717, 1.165) is 66.7 Å². The molecule has 1 unspecified atom stereocenters. The Bertz CT molecular complexity index is 1150. The second kappa shape index (κ2) is 11.9. The fourth-order valence-electron chi connectivity index (χ4n) is 5.08. The Balaban J connectivity index is 1.50. The van der Waals surface area contributed by atoms with Gasteiger partial charge in [0.2, 0.25) is 5.91 Å². The number of rotatable bonds is 10. The van der Waals surface area contributed by atoms with Gasteiger partial charge in [-0.15, -0.1) is 0 Å². The van der Waals surface area contributed by atoms with Crippen molar-refractivity contribution in [3.05, 3.63) is 82.9 Å². The Kier molecular flexibility index (Phi) is 8.70. The maximum atomic E-state index is 13.5. The molecule has 2 heterocycles. The van der Waals surface area contributed by atoms with E-state index in [0.29, 0.717) is 19.6 Å². The fraction of sp³-hybridized carbons (Fsp3) is 0.448. The number of halogens is 1. The molecule has 7 heteroatoms. The van der Waals surface area contributed by atoms with Crippen LogP contribution in [0.3, 0.4) is 0 Å². The topological polar surface area (TPSA) is 50.6 Å². The predicted octanol–water partition coefficient (Wildman–Crippen LogP) is 5.57. The molecule has 192 valence electrons. The lowest BCUT2D eigenvalue weighted by molar-refractivity contribution is -0.135. The quantitative estimate of drug-likeness (QED) is 0.359. The largest absolute Gasteiger partial charge is 0.493 e. The minimum atomic E-state index is -0.280. The van der Waals surface area contributed by atoms with E-state index in [4.69, 9.17) is 16.3 Å². The number of benzene rings is 2. The number of hydrogen-bond donors (Lipinski definition) is 0. The highest BCUT2D eigenvalue weighted by atomic mass is 35.5. The van der Waals surface area contributed by atoms with Gasteiger partial charge < -0.3 is 14.2 Å². The average molecular weight is 509 g/mol. The number of imidazole rings is 1. The number of piperidine rings is 1. The highest BCUT2D eigenvalue weighted by Gasteiger charge is 2.39. The molecule has 0 aliphatic carbocycles. The molecule has 1 aromatic heterocycles. The van der Waals surface area contributed by atoms with Gasteiger partial charge in [0.25, 0.3) is 0 Å². The molecule has 1 saturated heterocycles. The standard InChI is InChI=1S/C29H37ClN4O2/c1-4-34-16-14-31-27(34)20-33-15-8-13-29(21-33,22-36-25-11-12-26(30)23(2)17-25)18-28(35)32(3)19-24-9-6-5-7-10-24/h5-7,9-12,14,16-17H,4,8,13,15,18-22H2,1-3H3. The number of carbonyl (C=O) groups excluding carboxylic acids is 1. The highest BCUT2D eigenvalue weighted by Crippen LogP contribution is 2.36. The van der Waals surface area contributed by atoms with E-state index in [-0.39, 0.29) is 11.3 Å². The van der Waals surface area contributed by atoms with E-state index in [2.05, 4.69) is 33.5 Å². The third-order valence-corrected chi connectivity index (χ3v) is 7.56. The smallest absolute Gasteiger partial charge is 0.223 e. The van der Waals surface area contributed by atoms with Crippen LogP contribution in [0.2, 0.25) is 5.02 Å². The van der Waals surface area contributed by atoms with Crippen molar-refractivity contribution in [3.8, 4) is 5.75 Å². The monoisotopic (exact) mass is 508 g/mol. The van der Waals surface area contributed by atoms with Crippen LogP contribution >= 0.6 is 11.6 Å². The third kappa shape index (κ3) is 6.68. The van der Waals surface area contributed by atoms with Crippen LogP contribution in [-0.4, -0.2) is 52.0 Å². The number of carbonyl (C=O) groups is 1. The summed E-state index contributed by atoms with van der Waals surface area (Å²) in [5.74, 6) is 2.00. The van der Waals surface area contributed by atoms with E-state index in [1.165, 1.54) is 0 Å². The molecule has 1 aliphatic heterocycles. The minimum absolute atomic E-state index is 0.145. The van der Waals surface area contributed by atoms with Gasteiger partial charge in [-0.1, -0.05) is 41.9 Å². The summed E-state index contributed by atoms with van der Waals surface area (Å²) in [7, 11) is 1.89. The average Bonchev–Trinajstić information content (AvgIpc) is 3.32. The Morgan fingerprint density at radius 3 is 2.78 bits per heavy atom. The summed E-state index contributed by atoms with van der Waals surface area (Å²) in [4.78, 5) is 22.3. The summed E-state index contributed by atoms with van der Waals surface area (Å²) in [6.07, 6.45) is 6.31. The van der Waals surface area contributed by atoms with Gasteiger partial charge in [-0.05, 0) is 62.6 Å². The van der Waals surface area contributed by atoms with Crippen LogP contribution in [0.25, 0.3) is 0 Å². The zero-order valence-electron chi connectivity index (χ0n) is 21.6. The van der Waals surface area contributed by atoms with Crippen LogP contribution in [0.1, 0.15) is 43.1 Å². The van der Waals surface area contributed by atoms with Crippen molar-refractivity contribution in [1.29, 1.82) is 0 Å². The van der Waals surface area contributed by atoms with Gasteiger partial charge >= 0.3 is 0 Å². The molecule has 4 rings (SSSR count). The van der Waals surface area contributed by atoms with E-state index in [1.54, 1.807) is 0 Å². The highest BCUT2D eigenvalue weighted by molar-refractivity contribution is 6.31. The number of ether oxygens (including phenoxy) is 1. The molecule has 36 heavy (non-hydrogen) atoms. The van der Waals surface area contributed by atoms with Crippen molar-refractivity contribution in [2.45, 2.75) is 52.7 Å². The third-order valence-electron chi connectivity index (χ3n) is 7.14. The zero-order valence-corrected chi connectivity index (χ0v) is 22.4. The Morgan fingerprint density at radius 2 is 2.03 bits per heavy atom. The fourth-order valence-corrected chi connectivity index (χ4v) is 5.20. The molecule has 0 spiro atoms. The van der Waals surface area contributed by atoms with Gasteiger partial charge in [0.1, 0.15) is 11.6 Å². The van der Waals surface area contributed by atoms with E-state index in [1.807, 2.05) is 67.7 Å². The number of nitrogens with zero attached hydrogens (tertiary/aromatic N) is 4. The molecule has 0 bridgehead atoms. The van der Waals surface area contributed by atoms with Crippen molar-refractivity contribution in [2.75, 3.05) is 26.7 Å². The summed E-state index contributed by atoms with van der Waals surface area (Å²) in [5, 5.41) is 0.727. The first kappa shape index (κ1) is 26.2. The van der Waals surface area contributed by atoms with Crippen molar-refractivity contribution < 1.29 is 9.53 Å². The van der Waals surface area contributed by atoms with E-state index >= 15 is 0 Å². The van der Waals surface area contributed by atoms with Gasteiger partial charge in [-0.3, -0.25) is 9.69 Å². The molecule has 1 amide bonds. The van der Waals surface area contributed by atoms with Crippen LogP contribution in [-0.2, 0) is 24.4 Å². The zero-order chi connectivity index (χ0) is 25.5. The molecule has 2 aromatic carbocycles. The lowest BCUT2D eigenvalue weighted by atomic mass is 9.77. The Labute approximate surface area is 219 Å². The second-order valence-corrected chi connectivity index (χ2v) is 10.5. The number of likely N-dealkylation sites (tertiary alicyclic amines) is 1. The van der Waals surface area contributed by atoms with Gasteiger partial charge in [0, 0.05) is 55.9 Å². The van der Waals surface area contributed by atoms with Gasteiger partial charge in [0.05, 0.1) is 13.2 Å². The molecular formula is C29H37ClN4O2. The SMILES string of the molecule is CCn1ccnc1CN1CCCC(COc2ccc(Cl)c(C)c2)(CC(=O)N(C)Cc2ccccc2)C1. The van der Waals surface area contributed by atoms with Crippen molar-refractivity contribution >= 4 is 17.5 Å². The first-order valence-electron chi connectivity index (χ1n) is 12.8. The van der Waals surface area contributed by atoms with Crippen LogP contribution in [0.15, 0.2) is 60.9 Å². The summed E-state index contributed by atoms with van der Waals surface area (Å²) >= 11 is 6.22. The van der Waals surface area contributed by atoms with Crippen LogP contribution in [0, 0.1) is 12.3 Å². The van der Waals surface area contributed by atoms with Gasteiger partial charge in [-0.2, -0.15) is 0 Å². The molecule has 6 nitrogen and oxygen atoms in total. The number of aromatic nitrogens is 2. The van der Waals surface area contributed by atoms with E-state index in [9.17, 15) is 4.79 Å². The molecule has 1 fully saturated rings. The second-order valence-electron chi connectivity index (χ2n) is 10.1. The first-order chi connectivity index (χ1) is 17.4. The number of aryl methyl sites for hydroxylation is 2.